The van der Waals surface area contributed by atoms with Gasteiger partial charge in [-0.2, -0.15) is 0 Å². The van der Waals surface area contributed by atoms with Crippen LogP contribution in [0.3, 0.4) is 0 Å². The van der Waals surface area contributed by atoms with Crippen LogP contribution < -0.4 is 0 Å². The number of rotatable bonds is 2. The molecule has 1 aliphatic heterocycles. The molecule has 1 atom stereocenters. The SMILES string of the molecule is Fc1ccc(C(Cl)c2ccc3c(c2)COC3)c(I)c1. The summed E-state index contributed by atoms with van der Waals surface area (Å²) in [7, 11) is 0. The van der Waals surface area contributed by atoms with Crippen molar-refractivity contribution in [2.24, 2.45) is 0 Å². The van der Waals surface area contributed by atoms with Crippen molar-refractivity contribution in [2.75, 3.05) is 0 Å². The summed E-state index contributed by atoms with van der Waals surface area (Å²) >= 11 is 8.64. The minimum atomic E-state index is -0.265. The van der Waals surface area contributed by atoms with Gasteiger partial charge in [-0.3, -0.25) is 0 Å². The van der Waals surface area contributed by atoms with Gasteiger partial charge in [0.05, 0.1) is 18.6 Å². The molecule has 4 heteroatoms. The molecule has 19 heavy (non-hydrogen) atoms. The molecule has 0 saturated carbocycles. The maximum absolute atomic E-state index is 13.1. The van der Waals surface area contributed by atoms with Crippen LogP contribution in [0.1, 0.15) is 27.6 Å². The van der Waals surface area contributed by atoms with Gasteiger partial charge in [0.1, 0.15) is 5.82 Å². The highest BCUT2D eigenvalue weighted by atomic mass is 127. The maximum Gasteiger partial charge on any atom is 0.124 e. The minimum Gasteiger partial charge on any atom is -0.372 e. The average Bonchev–Trinajstić information content (AvgIpc) is 2.85. The second-order valence-corrected chi connectivity index (χ2v) is 6.15. The van der Waals surface area contributed by atoms with E-state index in [1.54, 1.807) is 6.07 Å². The summed E-state index contributed by atoms with van der Waals surface area (Å²) in [6, 6.07) is 10.9. The first-order valence-electron chi connectivity index (χ1n) is 5.93. The second-order valence-electron chi connectivity index (χ2n) is 4.55. The van der Waals surface area contributed by atoms with E-state index < -0.39 is 0 Å². The molecule has 0 amide bonds. The molecule has 1 aliphatic rings. The summed E-state index contributed by atoms with van der Waals surface area (Å²) in [5, 5.41) is -0.265. The van der Waals surface area contributed by atoms with Gasteiger partial charge in [0.15, 0.2) is 0 Å². The standard InChI is InChI=1S/C15H11ClFIO/c16-15(13-4-3-12(17)6-14(13)18)9-1-2-10-7-19-8-11(10)5-9/h1-6,15H,7-8H2. The lowest BCUT2D eigenvalue weighted by Crippen LogP contribution is -1.98. The number of benzene rings is 2. The molecule has 2 aromatic carbocycles. The van der Waals surface area contributed by atoms with Crippen LogP contribution in [0.25, 0.3) is 0 Å². The molecule has 0 radical (unpaired) electrons. The molecule has 0 aliphatic carbocycles. The van der Waals surface area contributed by atoms with Crippen LogP contribution in [0.15, 0.2) is 36.4 Å². The van der Waals surface area contributed by atoms with Gasteiger partial charge in [-0.1, -0.05) is 24.3 Å². The first-order chi connectivity index (χ1) is 9.15. The monoisotopic (exact) mass is 388 g/mol. The quantitative estimate of drug-likeness (QED) is 0.531. The molecule has 98 valence electrons. The van der Waals surface area contributed by atoms with Gasteiger partial charge in [-0.15, -0.1) is 11.6 Å². The molecular weight excluding hydrogens is 378 g/mol. The van der Waals surface area contributed by atoms with Crippen molar-refractivity contribution in [3.63, 3.8) is 0 Å². The fraction of sp³-hybridized carbons (Fsp3) is 0.200. The molecule has 0 aromatic heterocycles. The predicted octanol–water partition coefficient (Wildman–Crippen LogP) is 4.79. The number of alkyl halides is 1. The zero-order valence-electron chi connectivity index (χ0n) is 10.00. The van der Waals surface area contributed by atoms with E-state index in [1.165, 1.54) is 23.3 Å². The molecule has 0 N–H and O–H groups in total. The number of hydrogen-bond acceptors (Lipinski definition) is 1. The average molecular weight is 389 g/mol. The Morgan fingerprint density at radius 3 is 2.68 bits per heavy atom. The third-order valence-electron chi connectivity index (χ3n) is 3.27. The summed E-state index contributed by atoms with van der Waals surface area (Å²) in [4.78, 5) is 0. The van der Waals surface area contributed by atoms with Crippen LogP contribution in [0, 0.1) is 9.39 Å². The molecule has 0 spiro atoms. The molecular formula is C15H11ClFIO. The third-order valence-corrected chi connectivity index (χ3v) is 4.69. The second kappa shape index (κ2) is 5.38. The van der Waals surface area contributed by atoms with Gasteiger partial charge < -0.3 is 4.74 Å². The lowest BCUT2D eigenvalue weighted by Gasteiger charge is -2.13. The molecule has 0 fully saturated rings. The van der Waals surface area contributed by atoms with Crippen molar-refractivity contribution >= 4 is 34.2 Å². The summed E-state index contributed by atoms with van der Waals surface area (Å²) in [5.74, 6) is -0.237. The Labute approximate surface area is 129 Å². The molecule has 3 rings (SSSR count). The Bertz CT molecular complexity index is 630. The highest BCUT2D eigenvalue weighted by molar-refractivity contribution is 14.1. The van der Waals surface area contributed by atoms with Crippen molar-refractivity contribution in [3.8, 4) is 0 Å². The van der Waals surface area contributed by atoms with Gasteiger partial charge in [0.2, 0.25) is 0 Å². The molecule has 1 unspecified atom stereocenters. The summed E-state index contributed by atoms with van der Waals surface area (Å²) < 4.78 is 19.4. The number of fused-ring (bicyclic) bond motifs is 1. The lowest BCUT2D eigenvalue weighted by atomic mass is 10.00. The fourth-order valence-corrected chi connectivity index (χ4v) is 3.54. The maximum atomic E-state index is 13.1. The third kappa shape index (κ3) is 2.64. The first-order valence-corrected chi connectivity index (χ1v) is 7.45. The molecule has 0 bridgehead atoms. The fourth-order valence-electron chi connectivity index (χ4n) is 2.24. The Kier molecular flexibility index (Phi) is 3.78. The van der Waals surface area contributed by atoms with Crippen molar-refractivity contribution in [2.45, 2.75) is 18.6 Å². The smallest absolute Gasteiger partial charge is 0.124 e. The van der Waals surface area contributed by atoms with E-state index in [0.717, 1.165) is 14.7 Å². The minimum absolute atomic E-state index is 0.237. The first kappa shape index (κ1) is 13.3. The van der Waals surface area contributed by atoms with Gasteiger partial charge in [0.25, 0.3) is 0 Å². The van der Waals surface area contributed by atoms with Crippen LogP contribution in [0.4, 0.5) is 4.39 Å². The van der Waals surface area contributed by atoms with E-state index in [-0.39, 0.29) is 11.2 Å². The van der Waals surface area contributed by atoms with Crippen molar-refractivity contribution < 1.29 is 9.13 Å². The lowest BCUT2D eigenvalue weighted by molar-refractivity contribution is 0.134. The van der Waals surface area contributed by atoms with Crippen molar-refractivity contribution in [3.05, 3.63) is 68.0 Å². The van der Waals surface area contributed by atoms with Crippen molar-refractivity contribution in [1.29, 1.82) is 0 Å². The zero-order valence-corrected chi connectivity index (χ0v) is 12.9. The largest absolute Gasteiger partial charge is 0.372 e. The topological polar surface area (TPSA) is 9.23 Å². The molecule has 0 saturated heterocycles. The van der Waals surface area contributed by atoms with Gasteiger partial charge >= 0.3 is 0 Å². The van der Waals surface area contributed by atoms with E-state index in [9.17, 15) is 4.39 Å². The summed E-state index contributed by atoms with van der Waals surface area (Å²) in [6.45, 7) is 1.32. The zero-order chi connectivity index (χ0) is 13.4. The molecule has 2 aromatic rings. The van der Waals surface area contributed by atoms with Crippen LogP contribution in [-0.4, -0.2) is 0 Å². The van der Waals surface area contributed by atoms with Crippen LogP contribution in [0.2, 0.25) is 0 Å². The number of halogens is 3. The molecule has 1 heterocycles. The Balaban J connectivity index is 1.97. The van der Waals surface area contributed by atoms with E-state index in [2.05, 4.69) is 34.7 Å². The number of hydrogen-bond donors (Lipinski definition) is 0. The van der Waals surface area contributed by atoms with E-state index in [0.29, 0.717) is 13.2 Å². The molecule has 1 nitrogen and oxygen atoms in total. The van der Waals surface area contributed by atoms with Crippen LogP contribution in [0.5, 0.6) is 0 Å². The van der Waals surface area contributed by atoms with Gasteiger partial charge in [-0.05, 0) is 57.0 Å². The van der Waals surface area contributed by atoms with E-state index in [4.69, 9.17) is 16.3 Å². The summed E-state index contributed by atoms with van der Waals surface area (Å²) in [5.41, 5.74) is 4.37. The van der Waals surface area contributed by atoms with Gasteiger partial charge in [0, 0.05) is 3.57 Å². The van der Waals surface area contributed by atoms with Crippen LogP contribution in [-0.2, 0) is 18.0 Å². The van der Waals surface area contributed by atoms with E-state index in [1.807, 2.05) is 6.07 Å². The Hall–Kier alpha value is -0.650. The van der Waals surface area contributed by atoms with Crippen LogP contribution >= 0.6 is 34.2 Å². The van der Waals surface area contributed by atoms with Gasteiger partial charge in [-0.25, -0.2) is 4.39 Å². The predicted molar refractivity (Wildman–Crippen MR) is 81.7 cm³/mol. The highest BCUT2D eigenvalue weighted by Crippen LogP contribution is 2.34. The Morgan fingerprint density at radius 2 is 1.89 bits per heavy atom. The highest BCUT2D eigenvalue weighted by Gasteiger charge is 2.18. The normalized spacial score (nSPS) is 15.3. The van der Waals surface area contributed by atoms with E-state index >= 15 is 0 Å². The summed E-state index contributed by atoms with van der Waals surface area (Å²) in [6.07, 6.45) is 0. The number of ether oxygens (including phenoxy) is 1. The van der Waals surface area contributed by atoms with Crippen molar-refractivity contribution in [1.82, 2.24) is 0 Å². The Morgan fingerprint density at radius 1 is 1.11 bits per heavy atom.